The van der Waals surface area contributed by atoms with Gasteiger partial charge in [0, 0.05) is 6.07 Å². The first-order valence-corrected chi connectivity index (χ1v) is 5.69. The Labute approximate surface area is 99.9 Å². The lowest BCUT2D eigenvalue weighted by molar-refractivity contribution is 0.0994. The summed E-state index contributed by atoms with van der Waals surface area (Å²) in [6.45, 7) is 3.84. The average Bonchev–Trinajstić information content (AvgIpc) is 3.03. The minimum absolute atomic E-state index is 0.0257. The first-order valence-electron chi connectivity index (χ1n) is 5.69. The van der Waals surface area contributed by atoms with E-state index in [9.17, 15) is 4.79 Å². The molecular formula is C12H16N2O3. The molecule has 92 valence electrons. The van der Waals surface area contributed by atoms with Gasteiger partial charge in [-0.2, -0.15) is 0 Å². The Bertz CT molecular complexity index is 428. The number of amides is 1. The van der Waals surface area contributed by atoms with Crippen molar-refractivity contribution < 1.29 is 14.3 Å². The lowest BCUT2D eigenvalue weighted by Gasteiger charge is -2.14. The molecule has 0 aliphatic heterocycles. The minimum atomic E-state index is -0.568. The van der Waals surface area contributed by atoms with E-state index in [0.717, 1.165) is 12.8 Å². The topological polar surface area (TPSA) is 74.4 Å². The normalized spacial score (nSPS) is 14.8. The Morgan fingerprint density at radius 3 is 2.71 bits per heavy atom. The first-order chi connectivity index (χ1) is 8.06. The van der Waals surface area contributed by atoms with Crippen LogP contribution in [0.2, 0.25) is 0 Å². The van der Waals surface area contributed by atoms with Gasteiger partial charge in [0.1, 0.15) is 5.69 Å². The van der Waals surface area contributed by atoms with E-state index >= 15 is 0 Å². The minimum Gasteiger partial charge on any atom is -0.486 e. The van der Waals surface area contributed by atoms with Crippen LogP contribution in [0.15, 0.2) is 12.3 Å². The number of carbonyl (C=O) groups excluding carboxylic acids is 1. The molecule has 1 aliphatic rings. The maximum atomic E-state index is 11.1. The number of carbonyl (C=O) groups is 1. The second-order valence-corrected chi connectivity index (χ2v) is 4.36. The molecule has 17 heavy (non-hydrogen) atoms. The Morgan fingerprint density at radius 2 is 2.18 bits per heavy atom. The van der Waals surface area contributed by atoms with Crippen LogP contribution in [-0.2, 0) is 0 Å². The number of aromatic nitrogens is 1. The summed E-state index contributed by atoms with van der Waals surface area (Å²) in [6, 6.07) is 1.54. The third kappa shape index (κ3) is 3.09. The van der Waals surface area contributed by atoms with Crippen molar-refractivity contribution in [2.45, 2.75) is 38.9 Å². The van der Waals surface area contributed by atoms with Crippen LogP contribution >= 0.6 is 0 Å². The fourth-order valence-corrected chi connectivity index (χ4v) is 1.36. The van der Waals surface area contributed by atoms with E-state index in [1.807, 2.05) is 13.8 Å². The number of hydrogen-bond donors (Lipinski definition) is 1. The van der Waals surface area contributed by atoms with Crippen molar-refractivity contribution in [3.05, 3.63) is 18.0 Å². The predicted molar refractivity (Wildman–Crippen MR) is 62.2 cm³/mol. The molecule has 0 aromatic carbocycles. The van der Waals surface area contributed by atoms with Crippen LogP contribution in [0, 0.1) is 0 Å². The quantitative estimate of drug-likeness (QED) is 0.840. The summed E-state index contributed by atoms with van der Waals surface area (Å²) in [5.74, 6) is 0.531. The Kier molecular flexibility index (Phi) is 3.17. The molecule has 0 spiro atoms. The third-order valence-electron chi connectivity index (χ3n) is 2.26. The van der Waals surface area contributed by atoms with Gasteiger partial charge < -0.3 is 15.2 Å². The number of hydrogen-bond acceptors (Lipinski definition) is 4. The summed E-state index contributed by atoms with van der Waals surface area (Å²) in [7, 11) is 0. The highest BCUT2D eigenvalue weighted by Gasteiger charge is 2.25. The number of nitrogens with zero attached hydrogens (tertiary/aromatic N) is 1. The molecule has 2 rings (SSSR count). The van der Waals surface area contributed by atoms with Gasteiger partial charge >= 0.3 is 0 Å². The van der Waals surface area contributed by atoms with Crippen LogP contribution in [0.3, 0.4) is 0 Å². The van der Waals surface area contributed by atoms with Gasteiger partial charge in [-0.05, 0) is 26.7 Å². The standard InChI is InChI=1S/C12H16N2O3/c1-7(2)16-11-6-14-9(12(13)15)5-10(11)17-8-3-4-8/h5-8H,3-4H2,1-2H3,(H2,13,15). The number of pyridine rings is 1. The van der Waals surface area contributed by atoms with Crippen molar-refractivity contribution >= 4 is 5.91 Å². The SMILES string of the molecule is CC(C)Oc1cnc(C(N)=O)cc1OC1CC1. The molecule has 1 saturated carbocycles. The molecule has 0 saturated heterocycles. The monoisotopic (exact) mass is 236 g/mol. The van der Waals surface area contributed by atoms with Gasteiger partial charge in [-0.15, -0.1) is 0 Å². The zero-order valence-electron chi connectivity index (χ0n) is 9.97. The Balaban J connectivity index is 2.25. The zero-order chi connectivity index (χ0) is 12.4. The molecule has 5 heteroatoms. The Hall–Kier alpha value is -1.78. The molecule has 2 N–H and O–H groups in total. The van der Waals surface area contributed by atoms with Crippen molar-refractivity contribution in [1.29, 1.82) is 0 Å². The smallest absolute Gasteiger partial charge is 0.267 e. The average molecular weight is 236 g/mol. The van der Waals surface area contributed by atoms with Gasteiger partial charge in [-0.25, -0.2) is 4.98 Å². The number of ether oxygens (including phenoxy) is 2. The van der Waals surface area contributed by atoms with Crippen LogP contribution in [0.5, 0.6) is 11.5 Å². The highest BCUT2D eigenvalue weighted by molar-refractivity contribution is 5.91. The summed E-state index contributed by atoms with van der Waals surface area (Å²) >= 11 is 0. The largest absolute Gasteiger partial charge is 0.486 e. The molecule has 0 radical (unpaired) electrons. The van der Waals surface area contributed by atoms with Crippen molar-refractivity contribution in [2.75, 3.05) is 0 Å². The number of rotatable bonds is 5. The molecule has 1 amide bonds. The fraction of sp³-hybridized carbons (Fsp3) is 0.500. The van der Waals surface area contributed by atoms with Crippen LogP contribution in [0.25, 0.3) is 0 Å². The maximum Gasteiger partial charge on any atom is 0.267 e. The van der Waals surface area contributed by atoms with E-state index < -0.39 is 5.91 Å². The predicted octanol–water partition coefficient (Wildman–Crippen LogP) is 1.51. The van der Waals surface area contributed by atoms with E-state index in [1.54, 1.807) is 6.07 Å². The molecule has 5 nitrogen and oxygen atoms in total. The molecule has 0 unspecified atom stereocenters. The van der Waals surface area contributed by atoms with E-state index in [1.165, 1.54) is 6.20 Å². The van der Waals surface area contributed by atoms with E-state index in [-0.39, 0.29) is 17.9 Å². The van der Waals surface area contributed by atoms with Crippen molar-refractivity contribution in [1.82, 2.24) is 4.98 Å². The molecule has 1 fully saturated rings. The summed E-state index contributed by atoms with van der Waals surface area (Å²) in [4.78, 5) is 15.0. The third-order valence-corrected chi connectivity index (χ3v) is 2.26. The summed E-state index contributed by atoms with van der Waals surface area (Å²) in [5, 5.41) is 0. The van der Waals surface area contributed by atoms with Crippen molar-refractivity contribution in [3.63, 3.8) is 0 Å². The highest BCUT2D eigenvalue weighted by atomic mass is 16.5. The second kappa shape index (κ2) is 4.61. The van der Waals surface area contributed by atoms with E-state index in [4.69, 9.17) is 15.2 Å². The molecule has 1 aromatic heterocycles. The lowest BCUT2D eigenvalue weighted by atomic mass is 10.3. The number of nitrogens with two attached hydrogens (primary N) is 1. The number of primary amides is 1. The zero-order valence-corrected chi connectivity index (χ0v) is 9.97. The second-order valence-electron chi connectivity index (χ2n) is 4.36. The van der Waals surface area contributed by atoms with Crippen LogP contribution < -0.4 is 15.2 Å². The van der Waals surface area contributed by atoms with Crippen molar-refractivity contribution in [3.8, 4) is 11.5 Å². The first kappa shape index (κ1) is 11.7. The van der Waals surface area contributed by atoms with Gasteiger partial charge in [-0.3, -0.25) is 4.79 Å². The molecule has 1 heterocycles. The molecule has 0 atom stereocenters. The van der Waals surface area contributed by atoms with Crippen LogP contribution in [0.1, 0.15) is 37.2 Å². The van der Waals surface area contributed by atoms with Gasteiger partial charge in [0.05, 0.1) is 18.4 Å². The fourth-order valence-electron chi connectivity index (χ4n) is 1.36. The molecule has 1 aromatic rings. The van der Waals surface area contributed by atoms with E-state index in [0.29, 0.717) is 11.5 Å². The summed E-state index contributed by atoms with van der Waals surface area (Å²) in [5.41, 5.74) is 5.37. The van der Waals surface area contributed by atoms with Gasteiger partial charge in [0.15, 0.2) is 11.5 Å². The maximum absolute atomic E-state index is 11.1. The van der Waals surface area contributed by atoms with Crippen molar-refractivity contribution in [2.24, 2.45) is 5.73 Å². The van der Waals surface area contributed by atoms with Gasteiger partial charge in [0.2, 0.25) is 0 Å². The summed E-state index contributed by atoms with van der Waals surface area (Å²) in [6.07, 6.45) is 3.81. The molecule has 1 aliphatic carbocycles. The van der Waals surface area contributed by atoms with Crippen LogP contribution in [0.4, 0.5) is 0 Å². The molecular weight excluding hydrogens is 220 g/mol. The summed E-state index contributed by atoms with van der Waals surface area (Å²) < 4.78 is 11.2. The highest BCUT2D eigenvalue weighted by Crippen LogP contribution is 2.34. The van der Waals surface area contributed by atoms with Gasteiger partial charge in [0.25, 0.3) is 5.91 Å². The molecule has 0 bridgehead atoms. The Morgan fingerprint density at radius 1 is 1.47 bits per heavy atom. The lowest BCUT2D eigenvalue weighted by Crippen LogP contribution is -2.14. The van der Waals surface area contributed by atoms with Crippen LogP contribution in [-0.4, -0.2) is 23.1 Å². The van der Waals surface area contributed by atoms with Gasteiger partial charge in [-0.1, -0.05) is 0 Å². The van der Waals surface area contributed by atoms with E-state index in [2.05, 4.69) is 4.98 Å².